The van der Waals surface area contributed by atoms with Crippen molar-refractivity contribution in [2.24, 2.45) is 0 Å². The SMILES string of the molecule is COc1ccc(S(=O)(=O)C(Cc2ccccc2)C(=O)N(O)Cc2ccccc2)cc1. The average molecular weight is 426 g/mol. The lowest BCUT2D eigenvalue weighted by molar-refractivity contribution is -0.167. The molecule has 3 aromatic carbocycles. The summed E-state index contributed by atoms with van der Waals surface area (Å²) in [4.78, 5) is 13.1. The van der Waals surface area contributed by atoms with Crippen LogP contribution >= 0.6 is 0 Å². The number of carbonyl (C=O) groups excluding carboxylic acids is 1. The second-order valence-electron chi connectivity index (χ2n) is 6.78. The quantitative estimate of drug-likeness (QED) is 0.441. The van der Waals surface area contributed by atoms with Gasteiger partial charge in [0.1, 0.15) is 5.75 Å². The number of hydrogen-bond donors (Lipinski definition) is 1. The normalized spacial score (nSPS) is 12.2. The molecule has 0 aromatic heterocycles. The highest BCUT2D eigenvalue weighted by Crippen LogP contribution is 2.24. The molecule has 3 aromatic rings. The summed E-state index contributed by atoms with van der Waals surface area (Å²) in [7, 11) is -2.58. The van der Waals surface area contributed by atoms with Gasteiger partial charge in [-0.15, -0.1) is 0 Å². The highest BCUT2D eigenvalue weighted by atomic mass is 32.2. The molecule has 0 radical (unpaired) electrons. The summed E-state index contributed by atoms with van der Waals surface area (Å²) in [5.74, 6) is -0.369. The molecule has 156 valence electrons. The molecule has 1 N–H and O–H groups in total. The predicted octanol–water partition coefficient (Wildman–Crippen LogP) is 3.50. The maximum absolute atomic E-state index is 13.3. The van der Waals surface area contributed by atoms with Crippen LogP contribution in [-0.2, 0) is 27.6 Å². The van der Waals surface area contributed by atoms with Crippen molar-refractivity contribution in [3.63, 3.8) is 0 Å². The first-order valence-corrected chi connectivity index (χ1v) is 10.9. The van der Waals surface area contributed by atoms with Crippen molar-refractivity contribution in [3.05, 3.63) is 96.1 Å². The number of hydroxylamine groups is 2. The molecule has 7 heteroatoms. The molecule has 0 aliphatic rings. The summed E-state index contributed by atoms with van der Waals surface area (Å²) < 4.78 is 31.8. The molecule has 0 saturated heterocycles. The fourth-order valence-electron chi connectivity index (χ4n) is 3.09. The fourth-order valence-corrected chi connectivity index (χ4v) is 4.73. The van der Waals surface area contributed by atoms with Crippen molar-refractivity contribution in [1.82, 2.24) is 5.06 Å². The molecule has 0 heterocycles. The Balaban J connectivity index is 1.93. The highest BCUT2D eigenvalue weighted by molar-refractivity contribution is 7.92. The zero-order valence-electron chi connectivity index (χ0n) is 16.5. The number of sulfone groups is 1. The largest absolute Gasteiger partial charge is 0.497 e. The van der Waals surface area contributed by atoms with Gasteiger partial charge in [-0.3, -0.25) is 10.0 Å². The first kappa shape index (κ1) is 21.5. The monoisotopic (exact) mass is 425 g/mol. The van der Waals surface area contributed by atoms with Crippen LogP contribution in [0.1, 0.15) is 11.1 Å². The summed E-state index contributed by atoms with van der Waals surface area (Å²) in [5, 5.41) is 9.42. The molecule has 0 spiro atoms. The van der Waals surface area contributed by atoms with Gasteiger partial charge in [0.25, 0.3) is 5.91 Å². The maximum Gasteiger partial charge on any atom is 0.265 e. The third-order valence-electron chi connectivity index (χ3n) is 4.73. The third kappa shape index (κ3) is 5.06. The molecule has 0 saturated carbocycles. The number of benzene rings is 3. The molecule has 6 nitrogen and oxygen atoms in total. The Morgan fingerprint density at radius 3 is 1.97 bits per heavy atom. The van der Waals surface area contributed by atoms with Gasteiger partial charge in [0, 0.05) is 0 Å². The van der Waals surface area contributed by atoms with Gasteiger partial charge < -0.3 is 4.74 Å². The lowest BCUT2D eigenvalue weighted by Crippen LogP contribution is -2.42. The topological polar surface area (TPSA) is 83.9 Å². The number of methoxy groups -OCH3 is 1. The predicted molar refractivity (Wildman–Crippen MR) is 113 cm³/mol. The Morgan fingerprint density at radius 1 is 0.900 bits per heavy atom. The first-order chi connectivity index (χ1) is 14.4. The molecule has 0 fully saturated rings. The second kappa shape index (κ2) is 9.56. The molecular weight excluding hydrogens is 402 g/mol. The molecule has 0 aliphatic heterocycles. The van der Waals surface area contributed by atoms with Crippen LogP contribution in [0.15, 0.2) is 89.8 Å². The van der Waals surface area contributed by atoms with Crippen molar-refractivity contribution in [1.29, 1.82) is 0 Å². The van der Waals surface area contributed by atoms with Crippen LogP contribution in [0.4, 0.5) is 0 Å². The Bertz CT molecular complexity index is 1070. The van der Waals surface area contributed by atoms with E-state index in [4.69, 9.17) is 4.74 Å². The van der Waals surface area contributed by atoms with Gasteiger partial charge in [-0.05, 0) is 41.8 Å². The van der Waals surface area contributed by atoms with Crippen LogP contribution in [-0.4, -0.2) is 37.0 Å². The van der Waals surface area contributed by atoms with Gasteiger partial charge in [0.2, 0.25) is 0 Å². The van der Waals surface area contributed by atoms with E-state index >= 15 is 0 Å². The highest BCUT2D eigenvalue weighted by Gasteiger charge is 2.37. The van der Waals surface area contributed by atoms with Gasteiger partial charge in [-0.1, -0.05) is 60.7 Å². The second-order valence-corrected chi connectivity index (χ2v) is 8.91. The molecular formula is C23H23NO5S. The van der Waals surface area contributed by atoms with Crippen molar-refractivity contribution in [2.75, 3.05) is 7.11 Å². The first-order valence-electron chi connectivity index (χ1n) is 9.38. The molecule has 1 amide bonds. The van der Waals surface area contributed by atoms with E-state index in [0.717, 1.165) is 0 Å². The third-order valence-corrected chi connectivity index (χ3v) is 6.78. The number of ether oxygens (including phenoxy) is 1. The van der Waals surface area contributed by atoms with E-state index in [1.165, 1.54) is 31.4 Å². The van der Waals surface area contributed by atoms with Gasteiger partial charge in [0.05, 0.1) is 18.6 Å². The van der Waals surface area contributed by atoms with Gasteiger partial charge >= 0.3 is 0 Å². The Hall–Kier alpha value is -3.16. The van der Waals surface area contributed by atoms with E-state index in [2.05, 4.69) is 0 Å². The number of carbonyl (C=O) groups is 1. The fraction of sp³-hybridized carbons (Fsp3) is 0.174. The van der Waals surface area contributed by atoms with E-state index in [1.807, 2.05) is 12.1 Å². The van der Waals surface area contributed by atoms with E-state index < -0.39 is 21.0 Å². The molecule has 0 bridgehead atoms. The minimum atomic E-state index is -4.07. The summed E-state index contributed by atoms with van der Waals surface area (Å²) in [6.45, 7) is -0.108. The van der Waals surface area contributed by atoms with E-state index in [9.17, 15) is 18.4 Å². The molecule has 1 unspecified atom stereocenters. The lowest BCUT2D eigenvalue weighted by Gasteiger charge is -2.23. The van der Waals surface area contributed by atoms with Gasteiger partial charge in [-0.2, -0.15) is 0 Å². The Morgan fingerprint density at radius 2 is 1.43 bits per heavy atom. The zero-order valence-corrected chi connectivity index (χ0v) is 17.3. The minimum absolute atomic E-state index is 0.00862. The van der Waals surface area contributed by atoms with Gasteiger partial charge in [-0.25, -0.2) is 13.5 Å². The zero-order chi connectivity index (χ0) is 21.6. The Kier molecular flexibility index (Phi) is 6.87. The molecule has 0 aliphatic carbocycles. The smallest absolute Gasteiger partial charge is 0.265 e. The van der Waals surface area contributed by atoms with E-state index in [1.54, 1.807) is 48.5 Å². The van der Waals surface area contributed by atoms with E-state index in [0.29, 0.717) is 21.9 Å². The summed E-state index contributed by atoms with van der Waals surface area (Å²) >= 11 is 0. The standard InChI is InChI=1S/C23H23NO5S/c1-29-20-12-14-21(15-13-20)30(27,28)22(16-18-8-4-2-5-9-18)23(25)24(26)17-19-10-6-3-7-11-19/h2-15,22,26H,16-17H2,1H3. The number of rotatable bonds is 8. The lowest BCUT2D eigenvalue weighted by atomic mass is 10.1. The number of nitrogens with zero attached hydrogens (tertiary/aromatic N) is 1. The van der Waals surface area contributed by atoms with Crippen molar-refractivity contribution in [3.8, 4) is 5.75 Å². The molecule has 3 rings (SSSR count). The van der Waals surface area contributed by atoms with Gasteiger partial charge in [0.15, 0.2) is 15.1 Å². The minimum Gasteiger partial charge on any atom is -0.497 e. The number of hydrogen-bond acceptors (Lipinski definition) is 5. The van der Waals surface area contributed by atoms with Crippen LogP contribution in [0, 0.1) is 0 Å². The van der Waals surface area contributed by atoms with Crippen molar-refractivity contribution >= 4 is 15.7 Å². The average Bonchev–Trinajstić information content (AvgIpc) is 2.78. The Labute approximate surface area is 176 Å². The van der Waals surface area contributed by atoms with Crippen molar-refractivity contribution in [2.45, 2.75) is 23.1 Å². The van der Waals surface area contributed by atoms with Crippen molar-refractivity contribution < 1.29 is 23.2 Å². The van der Waals surface area contributed by atoms with Crippen LogP contribution in [0.2, 0.25) is 0 Å². The maximum atomic E-state index is 13.3. The summed E-state index contributed by atoms with van der Waals surface area (Å²) in [5.41, 5.74) is 1.37. The summed E-state index contributed by atoms with van der Waals surface area (Å²) in [6, 6.07) is 23.6. The van der Waals surface area contributed by atoms with Crippen LogP contribution in [0.5, 0.6) is 5.75 Å². The summed E-state index contributed by atoms with van der Waals surface area (Å²) in [6.07, 6.45) is -0.0557. The molecule has 30 heavy (non-hydrogen) atoms. The van der Waals surface area contributed by atoms with E-state index in [-0.39, 0.29) is 17.9 Å². The van der Waals surface area contributed by atoms with Crippen LogP contribution < -0.4 is 4.74 Å². The van der Waals surface area contributed by atoms with Crippen LogP contribution in [0.3, 0.4) is 0 Å². The number of amides is 1. The van der Waals surface area contributed by atoms with Crippen LogP contribution in [0.25, 0.3) is 0 Å². The molecule has 1 atom stereocenters.